The predicted octanol–water partition coefficient (Wildman–Crippen LogP) is 1.23. The maximum atomic E-state index is 11.6. The van der Waals surface area contributed by atoms with Gasteiger partial charge in [-0.05, 0) is 31.1 Å². The van der Waals surface area contributed by atoms with Crippen LogP contribution in [0.4, 0.5) is 5.69 Å². The lowest BCUT2D eigenvalue weighted by Gasteiger charge is -2.33. The standard InChI is InChI=1S/C15H26N4O2/c1-11-3-4-14(12(2)7-11)18-13-8-17-19(9-13)10-15(21)16-5-6-20/h8-9,11-12,14,18,20H,3-7,10H2,1-2H3,(H,16,21)/t11-,12-,14+/m1/s1. The molecule has 1 saturated carbocycles. The van der Waals surface area contributed by atoms with Crippen molar-refractivity contribution < 1.29 is 9.90 Å². The van der Waals surface area contributed by atoms with Crippen LogP contribution in [-0.4, -0.2) is 40.0 Å². The van der Waals surface area contributed by atoms with Crippen LogP contribution in [0.1, 0.15) is 33.1 Å². The van der Waals surface area contributed by atoms with Gasteiger partial charge in [0, 0.05) is 18.8 Å². The Kier molecular flexibility index (Phi) is 5.61. The predicted molar refractivity (Wildman–Crippen MR) is 81.9 cm³/mol. The van der Waals surface area contributed by atoms with Crippen molar-refractivity contribution in [3.63, 3.8) is 0 Å². The zero-order valence-corrected chi connectivity index (χ0v) is 12.9. The third-order valence-corrected chi connectivity index (χ3v) is 4.16. The highest BCUT2D eigenvalue weighted by atomic mass is 16.3. The molecule has 6 heteroatoms. The largest absolute Gasteiger partial charge is 0.395 e. The molecule has 0 unspecified atom stereocenters. The minimum absolute atomic E-state index is 0.0460. The second-order valence-electron chi connectivity index (χ2n) is 6.15. The molecule has 1 fully saturated rings. The van der Waals surface area contributed by atoms with Gasteiger partial charge in [-0.25, -0.2) is 0 Å². The van der Waals surface area contributed by atoms with Gasteiger partial charge >= 0.3 is 0 Å². The zero-order valence-electron chi connectivity index (χ0n) is 12.9. The number of anilines is 1. The molecule has 1 heterocycles. The normalized spacial score (nSPS) is 25.6. The van der Waals surface area contributed by atoms with Crippen molar-refractivity contribution in [2.45, 2.75) is 45.7 Å². The molecule has 3 N–H and O–H groups in total. The van der Waals surface area contributed by atoms with Crippen molar-refractivity contribution >= 4 is 11.6 Å². The van der Waals surface area contributed by atoms with E-state index in [1.807, 2.05) is 6.20 Å². The van der Waals surface area contributed by atoms with E-state index in [1.165, 1.54) is 19.3 Å². The van der Waals surface area contributed by atoms with Gasteiger partial charge in [-0.2, -0.15) is 5.10 Å². The van der Waals surface area contributed by atoms with Crippen LogP contribution < -0.4 is 10.6 Å². The summed E-state index contributed by atoms with van der Waals surface area (Å²) >= 11 is 0. The molecule has 6 nitrogen and oxygen atoms in total. The molecule has 1 aromatic heterocycles. The smallest absolute Gasteiger partial charge is 0.241 e. The molecule has 2 rings (SSSR count). The van der Waals surface area contributed by atoms with E-state index in [-0.39, 0.29) is 25.6 Å². The Hall–Kier alpha value is -1.56. The molecular weight excluding hydrogens is 268 g/mol. The summed E-state index contributed by atoms with van der Waals surface area (Å²) in [5.74, 6) is 1.33. The summed E-state index contributed by atoms with van der Waals surface area (Å²) in [6.07, 6.45) is 7.34. The molecule has 0 aliphatic heterocycles. The van der Waals surface area contributed by atoms with Crippen LogP contribution in [0.5, 0.6) is 0 Å². The number of carbonyl (C=O) groups excluding carboxylic acids is 1. The molecule has 1 aliphatic carbocycles. The van der Waals surface area contributed by atoms with Crippen LogP contribution in [-0.2, 0) is 11.3 Å². The van der Waals surface area contributed by atoms with Crippen molar-refractivity contribution in [3.05, 3.63) is 12.4 Å². The van der Waals surface area contributed by atoms with Gasteiger partial charge in [-0.1, -0.05) is 13.8 Å². The second kappa shape index (κ2) is 7.45. The van der Waals surface area contributed by atoms with E-state index in [9.17, 15) is 4.79 Å². The first-order chi connectivity index (χ1) is 10.1. The van der Waals surface area contributed by atoms with Crippen molar-refractivity contribution in [2.24, 2.45) is 11.8 Å². The first-order valence-electron chi connectivity index (χ1n) is 7.75. The van der Waals surface area contributed by atoms with E-state index in [4.69, 9.17) is 5.11 Å². The van der Waals surface area contributed by atoms with Crippen LogP contribution in [0.15, 0.2) is 12.4 Å². The highest BCUT2D eigenvalue weighted by Gasteiger charge is 2.25. The van der Waals surface area contributed by atoms with Gasteiger partial charge in [-0.15, -0.1) is 0 Å². The molecule has 0 spiro atoms. The molecule has 3 atom stereocenters. The van der Waals surface area contributed by atoms with Crippen LogP contribution in [0.3, 0.4) is 0 Å². The van der Waals surface area contributed by atoms with Gasteiger partial charge in [-0.3, -0.25) is 9.48 Å². The number of nitrogens with one attached hydrogen (secondary N) is 2. The fourth-order valence-electron chi connectivity index (χ4n) is 3.02. The fraction of sp³-hybridized carbons (Fsp3) is 0.733. The third kappa shape index (κ3) is 4.74. The summed E-state index contributed by atoms with van der Waals surface area (Å²) in [7, 11) is 0. The van der Waals surface area contributed by atoms with Crippen LogP contribution in [0, 0.1) is 11.8 Å². The molecule has 0 bridgehead atoms. The first-order valence-corrected chi connectivity index (χ1v) is 7.75. The molecule has 0 saturated heterocycles. The van der Waals surface area contributed by atoms with Crippen LogP contribution in [0.2, 0.25) is 0 Å². The molecule has 0 radical (unpaired) electrons. The minimum atomic E-state index is -0.140. The summed E-state index contributed by atoms with van der Waals surface area (Å²) < 4.78 is 1.62. The SMILES string of the molecule is C[C@@H]1CC[C@H](Nc2cnn(CC(=O)NCCO)c2)[C@H](C)C1. The van der Waals surface area contributed by atoms with Crippen molar-refractivity contribution in [1.29, 1.82) is 0 Å². The molecule has 0 aromatic carbocycles. The molecular formula is C15H26N4O2. The average molecular weight is 294 g/mol. The van der Waals surface area contributed by atoms with Gasteiger partial charge in [0.25, 0.3) is 0 Å². The van der Waals surface area contributed by atoms with Crippen LogP contribution >= 0.6 is 0 Å². The van der Waals surface area contributed by atoms with E-state index in [0.717, 1.165) is 11.6 Å². The first kappa shape index (κ1) is 15.8. The Balaban J connectivity index is 1.84. The monoisotopic (exact) mass is 294 g/mol. The Morgan fingerprint density at radius 3 is 3.00 bits per heavy atom. The second-order valence-corrected chi connectivity index (χ2v) is 6.15. The summed E-state index contributed by atoms with van der Waals surface area (Å²) in [4.78, 5) is 11.6. The topological polar surface area (TPSA) is 79.2 Å². The van der Waals surface area contributed by atoms with Crippen molar-refractivity contribution in [1.82, 2.24) is 15.1 Å². The lowest BCUT2D eigenvalue weighted by atomic mass is 9.80. The number of carbonyl (C=O) groups is 1. The maximum absolute atomic E-state index is 11.6. The van der Waals surface area contributed by atoms with E-state index in [2.05, 4.69) is 29.6 Å². The number of aromatic nitrogens is 2. The Labute approximate surface area is 125 Å². The van der Waals surface area contributed by atoms with E-state index in [1.54, 1.807) is 10.9 Å². The molecule has 118 valence electrons. The number of hydrogen-bond acceptors (Lipinski definition) is 4. The number of nitrogens with zero attached hydrogens (tertiary/aromatic N) is 2. The number of aliphatic hydroxyl groups is 1. The quantitative estimate of drug-likeness (QED) is 0.737. The summed E-state index contributed by atoms with van der Waals surface area (Å²) in [5.41, 5.74) is 0.969. The molecule has 1 aromatic rings. The summed E-state index contributed by atoms with van der Waals surface area (Å²) in [6.45, 7) is 5.02. The Bertz CT molecular complexity index is 460. The maximum Gasteiger partial charge on any atom is 0.241 e. The van der Waals surface area contributed by atoms with E-state index < -0.39 is 0 Å². The number of rotatable bonds is 6. The van der Waals surface area contributed by atoms with Gasteiger partial charge < -0.3 is 15.7 Å². The summed E-state index contributed by atoms with van der Waals surface area (Å²) in [6, 6.07) is 0.488. The molecule has 21 heavy (non-hydrogen) atoms. The van der Waals surface area contributed by atoms with E-state index >= 15 is 0 Å². The van der Waals surface area contributed by atoms with E-state index in [0.29, 0.717) is 12.0 Å². The average Bonchev–Trinajstić information content (AvgIpc) is 2.87. The fourth-order valence-corrected chi connectivity index (χ4v) is 3.02. The lowest BCUT2D eigenvalue weighted by Crippen LogP contribution is -2.32. The molecule has 1 amide bonds. The number of hydrogen-bond donors (Lipinski definition) is 3. The van der Waals surface area contributed by atoms with Gasteiger partial charge in [0.15, 0.2) is 0 Å². The van der Waals surface area contributed by atoms with Crippen LogP contribution in [0.25, 0.3) is 0 Å². The molecule has 1 aliphatic rings. The highest BCUT2D eigenvalue weighted by Crippen LogP contribution is 2.30. The Morgan fingerprint density at radius 2 is 2.29 bits per heavy atom. The minimum Gasteiger partial charge on any atom is -0.395 e. The van der Waals surface area contributed by atoms with Crippen molar-refractivity contribution in [2.75, 3.05) is 18.5 Å². The van der Waals surface area contributed by atoms with Gasteiger partial charge in [0.1, 0.15) is 6.54 Å². The number of aliphatic hydroxyl groups excluding tert-OH is 1. The lowest BCUT2D eigenvalue weighted by molar-refractivity contribution is -0.122. The van der Waals surface area contributed by atoms with Gasteiger partial charge in [0.2, 0.25) is 5.91 Å². The number of amides is 1. The van der Waals surface area contributed by atoms with Crippen molar-refractivity contribution in [3.8, 4) is 0 Å². The zero-order chi connectivity index (χ0) is 15.2. The highest BCUT2D eigenvalue weighted by molar-refractivity contribution is 5.75. The Morgan fingerprint density at radius 1 is 1.48 bits per heavy atom. The van der Waals surface area contributed by atoms with Gasteiger partial charge in [0.05, 0.1) is 18.5 Å². The summed E-state index contributed by atoms with van der Waals surface area (Å²) in [5, 5.41) is 19.0. The third-order valence-electron chi connectivity index (χ3n) is 4.16.